The number of fused-ring (bicyclic) bond motifs is 1. The molecule has 0 spiro atoms. The van der Waals surface area contributed by atoms with Crippen LogP contribution in [0.15, 0.2) is 24.3 Å². The van der Waals surface area contributed by atoms with Crippen molar-refractivity contribution in [3.8, 4) is 11.5 Å². The molecule has 0 bridgehead atoms. The van der Waals surface area contributed by atoms with E-state index >= 15 is 0 Å². The lowest BCUT2D eigenvalue weighted by Gasteiger charge is -2.30. The van der Waals surface area contributed by atoms with Crippen molar-refractivity contribution in [3.63, 3.8) is 0 Å². The van der Waals surface area contributed by atoms with Gasteiger partial charge >= 0.3 is 5.97 Å². The van der Waals surface area contributed by atoms with Gasteiger partial charge in [-0.1, -0.05) is 12.1 Å². The Morgan fingerprint density at radius 3 is 2.50 bits per heavy atom. The topological polar surface area (TPSA) is 55.8 Å². The van der Waals surface area contributed by atoms with Gasteiger partial charge in [0, 0.05) is 6.42 Å². The lowest BCUT2D eigenvalue weighted by Crippen LogP contribution is -2.44. The van der Waals surface area contributed by atoms with Crippen LogP contribution in [0.25, 0.3) is 0 Å². The smallest absolute Gasteiger partial charge is 0.320 e. The second-order valence-corrected chi connectivity index (χ2v) is 4.52. The zero-order chi connectivity index (χ0) is 13.0. The second kappa shape index (κ2) is 3.34. The molecule has 0 amide bonds. The highest BCUT2D eigenvalue weighted by molar-refractivity contribution is 5.81. The molecule has 1 aliphatic heterocycles. The van der Waals surface area contributed by atoms with Crippen LogP contribution < -0.4 is 9.47 Å². The van der Waals surface area contributed by atoms with Crippen LogP contribution in [-0.2, 0) is 4.79 Å². The van der Waals surface area contributed by atoms with Gasteiger partial charge in [0.05, 0.1) is 0 Å². The van der Waals surface area contributed by atoms with Crippen LogP contribution in [0, 0.1) is 5.41 Å². The standard InChI is InChI=1S/C12H10F2O4/c13-12(14)6-11(12,10(15)16)9-5-17-7-3-1-2-4-8(7)18-9/h1-4,9H,5-6H2,(H,15,16). The number of carboxylic acids is 1. The van der Waals surface area contributed by atoms with E-state index in [0.29, 0.717) is 11.5 Å². The molecule has 2 aliphatic rings. The van der Waals surface area contributed by atoms with E-state index in [1.807, 2.05) is 0 Å². The van der Waals surface area contributed by atoms with Gasteiger partial charge in [-0.05, 0) is 12.1 Å². The number of benzene rings is 1. The van der Waals surface area contributed by atoms with Gasteiger partial charge in [0.2, 0.25) is 0 Å². The molecule has 6 heteroatoms. The number of hydrogen-bond donors (Lipinski definition) is 1. The number of aliphatic carboxylic acids is 1. The molecule has 0 radical (unpaired) electrons. The summed E-state index contributed by atoms with van der Waals surface area (Å²) in [4.78, 5) is 11.1. The third-order valence-corrected chi connectivity index (χ3v) is 3.47. The molecule has 4 nitrogen and oxygen atoms in total. The monoisotopic (exact) mass is 256 g/mol. The first-order valence-corrected chi connectivity index (χ1v) is 5.47. The van der Waals surface area contributed by atoms with Crippen LogP contribution in [0.5, 0.6) is 11.5 Å². The maximum absolute atomic E-state index is 13.3. The van der Waals surface area contributed by atoms with E-state index in [1.165, 1.54) is 0 Å². The molecule has 1 aromatic rings. The maximum atomic E-state index is 13.3. The van der Waals surface area contributed by atoms with Gasteiger partial charge in [-0.25, -0.2) is 8.78 Å². The number of alkyl halides is 2. The van der Waals surface area contributed by atoms with Gasteiger partial charge in [-0.3, -0.25) is 4.79 Å². The predicted molar refractivity (Wildman–Crippen MR) is 56.0 cm³/mol. The Morgan fingerprint density at radius 1 is 1.33 bits per heavy atom. The van der Waals surface area contributed by atoms with Crippen molar-refractivity contribution in [2.75, 3.05) is 6.61 Å². The molecule has 2 atom stereocenters. The normalized spacial score (nSPS) is 31.8. The highest BCUT2D eigenvalue weighted by atomic mass is 19.3. The fraction of sp³-hybridized carbons (Fsp3) is 0.417. The summed E-state index contributed by atoms with van der Waals surface area (Å²) >= 11 is 0. The maximum Gasteiger partial charge on any atom is 0.320 e. The van der Waals surface area contributed by atoms with Crippen LogP contribution in [0.2, 0.25) is 0 Å². The van der Waals surface area contributed by atoms with Gasteiger partial charge in [0.1, 0.15) is 6.61 Å². The van der Waals surface area contributed by atoms with Crippen LogP contribution in [-0.4, -0.2) is 29.7 Å². The summed E-state index contributed by atoms with van der Waals surface area (Å²) in [5.41, 5.74) is -2.15. The Bertz CT molecular complexity index is 517. The highest BCUT2D eigenvalue weighted by Gasteiger charge is 2.81. The molecule has 1 fully saturated rings. The van der Waals surface area contributed by atoms with Crippen molar-refractivity contribution in [2.24, 2.45) is 5.41 Å². The predicted octanol–water partition coefficient (Wildman–Crippen LogP) is 1.94. The van der Waals surface area contributed by atoms with E-state index in [1.54, 1.807) is 24.3 Å². The SMILES string of the molecule is O=C(O)C1(C2COc3ccccc3O2)CC1(F)F. The Kier molecular flexibility index (Phi) is 2.09. The molecule has 3 rings (SSSR count). The first-order chi connectivity index (χ1) is 8.47. The average Bonchev–Trinajstić information content (AvgIpc) is 2.93. The summed E-state index contributed by atoms with van der Waals surface area (Å²) in [6.45, 7) is -0.182. The van der Waals surface area contributed by atoms with Crippen molar-refractivity contribution in [1.29, 1.82) is 0 Å². The van der Waals surface area contributed by atoms with Crippen molar-refractivity contribution in [3.05, 3.63) is 24.3 Å². The van der Waals surface area contributed by atoms with Gasteiger partial charge in [0.25, 0.3) is 5.92 Å². The van der Waals surface area contributed by atoms with Crippen LogP contribution in [0.3, 0.4) is 0 Å². The van der Waals surface area contributed by atoms with Crippen molar-refractivity contribution >= 4 is 5.97 Å². The molecular weight excluding hydrogens is 246 g/mol. The summed E-state index contributed by atoms with van der Waals surface area (Å²) in [7, 11) is 0. The Hall–Kier alpha value is -1.85. The second-order valence-electron chi connectivity index (χ2n) is 4.52. The van der Waals surface area contributed by atoms with Gasteiger partial charge in [-0.15, -0.1) is 0 Å². The Balaban J connectivity index is 1.91. The van der Waals surface area contributed by atoms with E-state index < -0.39 is 29.8 Å². The summed E-state index contributed by atoms with van der Waals surface area (Å²) in [5.74, 6) is -4.03. The molecule has 18 heavy (non-hydrogen) atoms. The Labute approximate surface area is 101 Å². The number of hydrogen-bond acceptors (Lipinski definition) is 3. The quantitative estimate of drug-likeness (QED) is 0.878. The molecule has 0 aromatic heterocycles. The average molecular weight is 256 g/mol. The van der Waals surface area contributed by atoms with Crippen LogP contribution in [0.1, 0.15) is 6.42 Å². The molecular formula is C12H10F2O4. The lowest BCUT2D eigenvalue weighted by atomic mass is 9.98. The van der Waals surface area contributed by atoms with Crippen LogP contribution in [0.4, 0.5) is 8.78 Å². The first-order valence-electron chi connectivity index (χ1n) is 5.47. The van der Waals surface area contributed by atoms with Crippen molar-refractivity contribution < 1.29 is 28.2 Å². The molecule has 2 unspecified atom stereocenters. The Morgan fingerprint density at radius 2 is 1.94 bits per heavy atom. The van der Waals surface area contributed by atoms with E-state index in [-0.39, 0.29) is 6.61 Å². The number of para-hydroxylation sites is 2. The molecule has 1 heterocycles. The molecule has 1 N–H and O–H groups in total. The van der Waals surface area contributed by atoms with Gasteiger partial charge in [0.15, 0.2) is 23.0 Å². The molecule has 1 saturated carbocycles. The summed E-state index contributed by atoms with van der Waals surface area (Å²) in [6.07, 6.45) is -1.87. The minimum absolute atomic E-state index is 0.182. The zero-order valence-electron chi connectivity index (χ0n) is 9.23. The number of carboxylic acid groups (broad SMARTS) is 1. The minimum atomic E-state index is -3.24. The highest BCUT2D eigenvalue weighted by Crippen LogP contribution is 2.64. The largest absolute Gasteiger partial charge is 0.486 e. The fourth-order valence-corrected chi connectivity index (χ4v) is 2.29. The zero-order valence-corrected chi connectivity index (χ0v) is 9.23. The number of carbonyl (C=O) groups is 1. The minimum Gasteiger partial charge on any atom is -0.486 e. The number of halogens is 2. The van der Waals surface area contributed by atoms with E-state index in [2.05, 4.69) is 0 Å². The molecule has 1 aromatic carbocycles. The van der Waals surface area contributed by atoms with E-state index in [0.717, 1.165) is 0 Å². The summed E-state index contributed by atoms with van der Waals surface area (Å²) < 4.78 is 37.3. The molecule has 96 valence electrons. The van der Waals surface area contributed by atoms with E-state index in [9.17, 15) is 13.6 Å². The third kappa shape index (κ3) is 1.31. The number of ether oxygens (including phenoxy) is 2. The lowest BCUT2D eigenvalue weighted by molar-refractivity contribution is -0.155. The van der Waals surface area contributed by atoms with Gasteiger partial charge in [-0.2, -0.15) is 0 Å². The van der Waals surface area contributed by atoms with Crippen molar-refractivity contribution in [1.82, 2.24) is 0 Å². The number of rotatable bonds is 2. The van der Waals surface area contributed by atoms with Gasteiger partial charge < -0.3 is 14.6 Å². The molecule has 0 saturated heterocycles. The first kappa shape index (κ1) is 11.3. The summed E-state index contributed by atoms with van der Waals surface area (Å²) in [5, 5.41) is 9.02. The summed E-state index contributed by atoms with van der Waals surface area (Å²) in [6, 6.07) is 6.60. The molecule has 1 aliphatic carbocycles. The van der Waals surface area contributed by atoms with Crippen LogP contribution >= 0.6 is 0 Å². The van der Waals surface area contributed by atoms with E-state index in [4.69, 9.17) is 14.6 Å². The van der Waals surface area contributed by atoms with Crippen molar-refractivity contribution in [2.45, 2.75) is 18.4 Å². The fourth-order valence-electron chi connectivity index (χ4n) is 2.29. The third-order valence-electron chi connectivity index (χ3n) is 3.47.